The number of imidazole rings is 1. The van der Waals surface area contributed by atoms with Crippen molar-refractivity contribution in [3.05, 3.63) is 63.8 Å². The summed E-state index contributed by atoms with van der Waals surface area (Å²) in [6.45, 7) is 3.03. The van der Waals surface area contributed by atoms with Crippen LogP contribution in [0.2, 0.25) is 5.28 Å². The Bertz CT molecular complexity index is 1290. The number of amides is 1. The molecule has 30 heavy (non-hydrogen) atoms. The molecule has 5 heterocycles. The van der Waals surface area contributed by atoms with Gasteiger partial charge in [-0.15, -0.1) is 5.10 Å². The molecule has 0 atom stereocenters. The average molecular weight is 427 g/mol. The van der Waals surface area contributed by atoms with Crippen LogP contribution in [-0.4, -0.2) is 57.8 Å². The summed E-state index contributed by atoms with van der Waals surface area (Å²) < 4.78 is 4.92. The first-order valence-electron chi connectivity index (χ1n) is 9.63. The third kappa shape index (κ3) is 3.00. The van der Waals surface area contributed by atoms with Crippen molar-refractivity contribution in [1.82, 2.24) is 38.8 Å². The number of rotatable bonds is 3. The number of aromatic nitrogens is 7. The molecule has 0 unspecified atom stereocenters. The van der Waals surface area contributed by atoms with Crippen LogP contribution in [0.1, 0.15) is 34.9 Å². The SMILES string of the molecule is Cc1c(C(=O)N2CCC(n3ccnc3Cl)CC2)cnn1-c1nn2cccc2c(=O)[nH]1. The first-order chi connectivity index (χ1) is 14.5. The Morgan fingerprint density at radius 1 is 1.27 bits per heavy atom. The van der Waals surface area contributed by atoms with Gasteiger partial charge in [-0.1, -0.05) is 0 Å². The lowest BCUT2D eigenvalue weighted by atomic mass is 10.0. The van der Waals surface area contributed by atoms with Crippen LogP contribution in [0.3, 0.4) is 0 Å². The fourth-order valence-electron chi connectivity index (χ4n) is 3.95. The van der Waals surface area contributed by atoms with Gasteiger partial charge in [-0.3, -0.25) is 14.6 Å². The number of nitrogens with zero attached hydrogens (tertiary/aromatic N) is 7. The number of likely N-dealkylation sites (tertiary alicyclic amines) is 1. The van der Waals surface area contributed by atoms with Crippen LogP contribution in [0.25, 0.3) is 11.5 Å². The normalized spacial score (nSPS) is 15.2. The third-order valence-corrected chi connectivity index (χ3v) is 5.89. The van der Waals surface area contributed by atoms with Crippen LogP contribution in [0.15, 0.2) is 41.7 Å². The number of carbonyl (C=O) groups excluding carboxylic acids is 1. The quantitative estimate of drug-likeness (QED) is 0.538. The highest BCUT2D eigenvalue weighted by molar-refractivity contribution is 6.28. The second kappa shape index (κ2) is 7.13. The molecule has 0 saturated carbocycles. The van der Waals surface area contributed by atoms with Gasteiger partial charge in [0.15, 0.2) is 0 Å². The van der Waals surface area contributed by atoms with E-state index in [1.54, 1.807) is 31.5 Å². The Balaban J connectivity index is 1.36. The molecule has 1 aliphatic heterocycles. The summed E-state index contributed by atoms with van der Waals surface area (Å²) in [4.78, 5) is 33.9. The second-order valence-electron chi connectivity index (χ2n) is 7.30. The van der Waals surface area contributed by atoms with Gasteiger partial charge in [-0.25, -0.2) is 14.2 Å². The molecular weight excluding hydrogens is 408 g/mol. The lowest BCUT2D eigenvalue weighted by Gasteiger charge is -2.32. The molecule has 154 valence electrons. The molecule has 0 bridgehead atoms. The van der Waals surface area contributed by atoms with Gasteiger partial charge in [0.2, 0.25) is 11.2 Å². The molecule has 0 radical (unpaired) electrons. The first kappa shape index (κ1) is 18.6. The number of hydrogen-bond acceptors (Lipinski definition) is 5. The van der Waals surface area contributed by atoms with E-state index in [-0.39, 0.29) is 23.5 Å². The average Bonchev–Trinajstić information content (AvgIpc) is 3.47. The number of nitrogens with one attached hydrogen (secondary N) is 1. The standard InChI is InChI=1S/C19H19ClN8O2/c1-12-14(11-22-28(12)19-23-16(29)15-3-2-7-27(15)24-19)17(30)25-8-4-13(5-9-25)26-10-6-21-18(26)20/h2-3,6-7,10-11,13H,4-5,8-9H2,1H3,(H,23,24,29). The number of halogens is 1. The van der Waals surface area contributed by atoms with Crippen molar-refractivity contribution in [3.63, 3.8) is 0 Å². The van der Waals surface area contributed by atoms with E-state index < -0.39 is 0 Å². The molecule has 1 fully saturated rings. The monoisotopic (exact) mass is 426 g/mol. The Morgan fingerprint density at radius 3 is 2.80 bits per heavy atom. The smallest absolute Gasteiger partial charge is 0.276 e. The zero-order valence-electron chi connectivity index (χ0n) is 16.2. The molecule has 10 nitrogen and oxygen atoms in total. The fourth-order valence-corrected chi connectivity index (χ4v) is 4.20. The maximum absolute atomic E-state index is 13.1. The van der Waals surface area contributed by atoms with E-state index in [0.717, 1.165) is 12.8 Å². The van der Waals surface area contributed by atoms with E-state index in [9.17, 15) is 9.59 Å². The predicted octanol–water partition coefficient (Wildman–Crippen LogP) is 1.84. The minimum atomic E-state index is -0.270. The van der Waals surface area contributed by atoms with Crippen molar-refractivity contribution in [2.75, 3.05) is 13.1 Å². The highest BCUT2D eigenvalue weighted by Crippen LogP contribution is 2.26. The summed E-state index contributed by atoms with van der Waals surface area (Å²) >= 11 is 6.12. The topological polar surface area (TPSA) is 106 Å². The first-order valence-corrected chi connectivity index (χ1v) is 10.0. The minimum Gasteiger partial charge on any atom is -0.338 e. The molecule has 0 spiro atoms. The van der Waals surface area contributed by atoms with Gasteiger partial charge in [0.1, 0.15) is 5.52 Å². The lowest BCUT2D eigenvalue weighted by molar-refractivity contribution is 0.0694. The molecule has 5 rings (SSSR count). The van der Waals surface area contributed by atoms with Crippen LogP contribution in [0.4, 0.5) is 0 Å². The van der Waals surface area contributed by atoms with Crippen molar-refractivity contribution in [2.24, 2.45) is 0 Å². The van der Waals surface area contributed by atoms with Crippen molar-refractivity contribution in [1.29, 1.82) is 0 Å². The Kier molecular flexibility index (Phi) is 4.43. The zero-order valence-corrected chi connectivity index (χ0v) is 17.0. The second-order valence-corrected chi connectivity index (χ2v) is 7.64. The summed E-state index contributed by atoms with van der Waals surface area (Å²) in [5.41, 5.74) is 1.28. The van der Waals surface area contributed by atoms with E-state index in [2.05, 4.69) is 20.2 Å². The largest absolute Gasteiger partial charge is 0.338 e. The van der Waals surface area contributed by atoms with Crippen molar-refractivity contribution < 1.29 is 4.79 Å². The molecule has 4 aromatic heterocycles. The van der Waals surface area contributed by atoms with E-state index in [4.69, 9.17) is 11.6 Å². The minimum absolute atomic E-state index is 0.0849. The van der Waals surface area contributed by atoms with Crippen LogP contribution >= 0.6 is 11.6 Å². The number of fused-ring (bicyclic) bond motifs is 1. The zero-order chi connectivity index (χ0) is 20.8. The number of carbonyl (C=O) groups is 1. The van der Waals surface area contributed by atoms with Gasteiger partial charge in [0, 0.05) is 37.7 Å². The third-order valence-electron chi connectivity index (χ3n) is 5.60. The Morgan fingerprint density at radius 2 is 2.07 bits per heavy atom. The van der Waals surface area contributed by atoms with Gasteiger partial charge < -0.3 is 9.47 Å². The van der Waals surface area contributed by atoms with Gasteiger partial charge in [-0.05, 0) is 43.5 Å². The van der Waals surface area contributed by atoms with Gasteiger partial charge in [0.25, 0.3) is 11.5 Å². The number of piperidine rings is 1. The van der Waals surface area contributed by atoms with Crippen LogP contribution in [0, 0.1) is 6.92 Å². The maximum atomic E-state index is 13.1. The molecule has 0 aromatic carbocycles. The maximum Gasteiger partial charge on any atom is 0.276 e. The van der Waals surface area contributed by atoms with Gasteiger partial charge >= 0.3 is 0 Å². The summed E-state index contributed by atoms with van der Waals surface area (Å²) in [6.07, 6.45) is 8.36. The van der Waals surface area contributed by atoms with Crippen LogP contribution < -0.4 is 5.56 Å². The van der Waals surface area contributed by atoms with Crippen molar-refractivity contribution in [3.8, 4) is 5.95 Å². The molecule has 1 amide bonds. The van der Waals surface area contributed by atoms with Crippen LogP contribution in [-0.2, 0) is 0 Å². The predicted molar refractivity (Wildman–Crippen MR) is 109 cm³/mol. The molecule has 1 aliphatic rings. The highest BCUT2D eigenvalue weighted by atomic mass is 35.5. The molecule has 1 saturated heterocycles. The molecular formula is C19H19ClN8O2. The fraction of sp³-hybridized carbons (Fsp3) is 0.316. The highest BCUT2D eigenvalue weighted by Gasteiger charge is 2.27. The Hall–Kier alpha value is -3.40. The Labute approximate surface area is 175 Å². The molecule has 0 aliphatic carbocycles. The van der Waals surface area contributed by atoms with E-state index in [1.807, 2.05) is 15.7 Å². The summed E-state index contributed by atoms with van der Waals surface area (Å²) in [6, 6.07) is 3.66. The van der Waals surface area contributed by atoms with Gasteiger partial charge in [0.05, 0.1) is 17.5 Å². The van der Waals surface area contributed by atoms with Crippen LogP contribution in [0.5, 0.6) is 0 Å². The summed E-state index contributed by atoms with van der Waals surface area (Å²) in [5, 5.41) is 9.14. The number of hydrogen-bond donors (Lipinski definition) is 1. The van der Waals surface area contributed by atoms with E-state index >= 15 is 0 Å². The lowest BCUT2D eigenvalue weighted by Crippen LogP contribution is -2.39. The molecule has 4 aromatic rings. The van der Waals surface area contributed by atoms with Gasteiger partial charge in [-0.2, -0.15) is 5.10 Å². The van der Waals surface area contributed by atoms with Crippen molar-refractivity contribution >= 4 is 23.0 Å². The summed E-state index contributed by atoms with van der Waals surface area (Å²) in [7, 11) is 0. The summed E-state index contributed by atoms with van der Waals surface area (Å²) in [5.74, 6) is 0.173. The van der Waals surface area contributed by atoms with E-state index in [1.165, 1.54) is 15.4 Å². The number of H-pyrrole nitrogens is 1. The number of aromatic amines is 1. The van der Waals surface area contributed by atoms with Crippen molar-refractivity contribution in [2.45, 2.75) is 25.8 Å². The molecule has 1 N–H and O–H groups in total. The molecule has 11 heteroatoms. The van der Waals surface area contributed by atoms with E-state index in [0.29, 0.717) is 35.1 Å².